The second-order valence-corrected chi connectivity index (χ2v) is 6.50. The quantitative estimate of drug-likeness (QED) is 0.683. The van der Waals surface area contributed by atoms with E-state index in [2.05, 4.69) is 15.3 Å². The van der Waals surface area contributed by atoms with E-state index in [0.29, 0.717) is 48.5 Å². The van der Waals surface area contributed by atoms with Crippen LogP contribution in [-0.4, -0.2) is 49.2 Å². The number of para-hydroxylation sites is 1. The van der Waals surface area contributed by atoms with Crippen molar-refractivity contribution < 1.29 is 22.7 Å². The number of nitrogens with zero attached hydrogens (tertiary/aromatic N) is 3. The van der Waals surface area contributed by atoms with Gasteiger partial charge in [-0.1, -0.05) is 18.2 Å². The number of benzene rings is 1. The minimum Gasteiger partial charge on any atom is -0.378 e. The number of anilines is 1. The summed E-state index contributed by atoms with van der Waals surface area (Å²) in [6, 6.07) is 5.73. The number of amides is 1. The highest BCUT2D eigenvalue weighted by atomic mass is 19.2. The van der Waals surface area contributed by atoms with Gasteiger partial charge in [0.15, 0.2) is 5.82 Å². The molecule has 1 fully saturated rings. The lowest BCUT2D eigenvalue weighted by Gasteiger charge is -2.31. The average Bonchev–Trinajstić information content (AvgIpc) is 2.75. The van der Waals surface area contributed by atoms with Crippen LogP contribution in [0.15, 0.2) is 30.5 Å². The van der Waals surface area contributed by atoms with E-state index in [0.717, 1.165) is 6.07 Å². The van der Waals surface area contributed by atoms with Crippen LogP contribution in [0.25, 0.3) is 22.0 Å². The molecule has 4 rings (SSSR count). The van der Waals surface area contributed by atoms with E-state index in [4.69, 9.17) is 4.74 Å². The maximum absolute atomic E-state index is 14.4. The van der Waals surface area contributed by atoms with Gasteiger partial charge in [0.1, 0.15) is 0 Å². The van der Waals surface area contributed by atoms with Crippen molar-refractivity contribution in [2.75, 3.05) is 38.3 Å². The van der Waals surface area contributed by atoms with Crippen LogP contribution >= 0.6 is 0 Å². The molecule has 1 amide bonds. The molecule has 29 heavy (non-hydrogen) atoms. The Labute approximate surface area is 164 Å². The molecule has 1 saturated heterocycles. The highest BCUT2D eigenvalue weighted by Gasteiger charge is 2.24. The predicted octanol–water partition coefficient (Wildman–Crippen LogP) is 2.91. The standard InChI is InChI=1S/C20H17F3N4O2/c1-24-20(28)14-10-25-17-11(13-9-15(21)26-19(23)16(13)22)3-2-4-12(17)18(14)27-5-7-29-8-6-27/h2-4,9-10H,5-8H2,1H3,(H,24,28). The summed E-state index contributed by atoms with van der Waals surface area (Å²) < 4.78 is 47.1. The third-order valence-electron chi connectivity index (χ3n) is 4.84. The predicted molar refractivity (Wildman–Crippen MR) is 101 cm³/mol. The highest BCUT2D eigenvalue weighted by molar-refractivity contribution is 6.10. The largest absolute Gasteiger partial charge is 0.378 e. The number of carbonyl (C=O) groups is 1. The number of ether oxygens (including phenoxy) is 1. The van der Waals surface area contributed by atoms with E-state index in [1.54, 1.807) is 12.1 Å². The van der Waals surface area contributed by atoms with Crippen molar-refractivity contribution in [2.24, 2.45) is 0 Å². The van der Waals surface area contributed by atoms with Crippen molar-refractivity contribution in [3.8, 4) is 11.1 Å². The number of hydrogen-bond acceptors (Lipinski definition) is 5. The van der Waals surface area contributed by atoms with Crippen molar-refractivity contribution in [3.63, 3.8) is 0 Å². The molecule has 0 aliphatic carbocycles. The van der Waals surface area contributed by atoms with E-state index in [1.807, 2.05) is 4.90 Å². The Balaban J connectivity index is 2.00. The van der Waals surface area contributed by atoms with Crippen molar-refractivity contribution in [1.82, 2.24) is 15.3 Å². The Morgan fingerprint density at radius 1 is 1.17 bits per heavy atom. The van der Waals surface area contributed by atoms with Crippen LogP contribution in [0.3, 0.4) is 0 Å². The fraction of sp³-hybridized carbons (Fsp3) is 0.250. The third-order valence-corrected chi connectivity index (χ3v) is 4.84. The van der Waals surface area contributed by atoms with Gasteiger partial charge in [0.2, 0.25) is 5.95 Å². The number of pyridine rings is 2. The Bertz CT molecular complexity index is 1100. The minimum absolute atomic E-state index is 0.207. The van der Waals surface area contributed by atoms with Crippen LogP contribution in [0.4, 0.5) is 18.9 Å². The second-order valence-electron chi connectivity index (χ2n) is 6.50. The lowest BCUT2D eigenvalue weighted by atomic mass is 9.99. The molecule has 0 spiro atoms. The number of morpholine rings is 1. The monoisotopic (exact) mass is 402 g/mol. The number of aromatic nitrogens is 2. The van der Waals surface area contributed by atoms with E-state index in [-0.39, 0.29) is 17.0 Å². The minimum atomic E-state index is -1.52. The first-order chi connectivity index (χ1) is 14.0. The number of hydrogen-bond donors (Lipinski definition) is 1. The number of nitrogens with one attached hydrogen (secondary N) is 1. The van der Waals surface area contributed by atoms with Crippen LogP contribution in [0.1, 0.15) is 10.4 Å². The van der Waals surface area contributed by atoms with E-state index in [1.165, 1.54) is 19.3 Å². The van der Waals surface area contributed by atoms with Gasteiger partial charge in [-0.05, 0) is 0 Å². The smallest absolute Gasteiger partial charge is 0.254 e. The van der Waals surface area contributed by atoms with E-state index >= 15 is 0 Å². The molecule has 0 unspecified atom stereocenters. The summed E-state index contributed by atoms with van der Waals surface area (Å²) in [6.45, 7) is 2.10. The first-order valence-corrected chi connectivity index (χ1v) is 8.99. The molecule has 0 radical (unpaired) electrons. The van der Waals surface area contributed by atoms with Gasteiger partial charge in [0, 0.05) is 48.9 Å². The molecule has 2 aromatic heterocycles. The summed E-state index contributed by atoms with van der Waals surface area (Å²) in [4.78, 5) is 21.6. The van der Waals surface area contributed by atoms with Gasteiger partial charge in [0.25, 0.3) is 11.9 Å². The lowest BCUT2D eigenvalue weighted by Crippen LogP contribution is -2.38. The lowest BCUT2D eigenvalue weighted by molar-refractivity contribution is 0.0961. The average molecular weight is 402 g/mol. The molecule has 1 aliphatic heterocycles. The van der Waals surface area contributed by atoms with Gasteiger partial charge < -0.3 is 15.0 Å². The van der Waals surface area contributed by atoms with E-state index in [9.17, 15) is 18.0 Å². The number of carbonyl (C=O) groups excluding carboxylic acids is 1. The number of rotatable bonds is 3. The topological polar surface area (TPSA) is 67.4 Å². The molecule has 9 heteroatoms. The highest BCUT2D eigenvalue weighted by Crippen LogP contribution is 2.36. The van der Waals surface area contributed by atoms with Crippen molar-refractivity contribution in [1.29, 1.82) is 0 Å². The molecular formula is C20H17F3N4O2. The fourth-order valence-corrected chi connectivity index (χ4v) is 3.52. The van der Waals surface area contributed by atoms with Gasteiger partial charge in [-0.25, -0.2) is 4.39 Å². The van der Waals surface area contributed by atoms with E-state index < -0.39 is 17.7 Å². The summed E-state index contributed by atoms with van der Waals surface area (Å²) in [6.07, 6.45) is 1.39. The SMILES string of the molecule is CNC(=O)c1cnc2c(-c3cc(F)nc(F)c3F)cccc2c1N1CCOCC1. The molecule has 1 N–H and O–H groups in total. The zero-order chi connectivity index (χ0) is 20.5. The van der Waals surface area contributed by atoms with Crippen LogP contribution < -0.4 is 10.2 Å². The zero-order valence-electron chi connectivity index (χ0n) is 15.5. The van der Waals surface area contributed by atoms with Crippen LogP contribution in [0, 0.1) is 17.7 Å². The Morgan fingerprint density at radius 3 is 2.66 bits per heavy atom. The summed E-state index contributed by atoms with van der Waals surface area (Å²) in [5.74, 6) is -4.24. The normalized spacial score (nSPS) is 14.3. The van der Waals surface area contributed by atoms with Gasteiger partial charge in [-0.2, -0.15) is 13.8 Å². The summed E-state index contributed by atoms with van der Waals surface area (Å²) in [7, 11) is 1.52. The number of halogens is 3. The maximum atomic E-state index is 14.4. The Morgan fingerprint density at radius 2 is 1.93 bits per heavy atom. The molecule has 0 saturated carbocycles. The zero-order valence-corrected chi connectivity index (χ0v) is 15.5. The molecule has 6 nitrogen and oxygen atoms in total. The molecule has 150 valence electrons. The summed E-state index contributed by atoms with van der Waals surface area (Å²) in [5, 5.41) is 3.16. The molecule has 1 aliphatic rings. The summed E-state index contributed by atoms with van der Waals surface area (Å²) in [5.41, 5.74) is 1.22. The Kier molecular flexibility index (Phi) is 5.06. The Hall–Kier alpha value is -3.20. The summed E-state index contributed by atoms with van der Waals surface area (Å²) >= 11 is 0. The van der Waals surface area contributed by atoms with Crippen LogP contribution in [-0.2, 0) is 4.74 Å². The van der Waals surface area contributed by atoms with Crippen LogP contribution in [0.5, 0.6) is 0 Å². The van der Waals surface area contributed by atoms with Crippen LogP contribution in [0.2, 0.25) is 0 Å². The molecule has 0 atom stereocenters. The van der Waals surface area contributed by atoms with Crippen molar-refractivity contribution in [3.05, 3.63) is 53.7 Å². The maximum Gasteiger partial charge on any atom is 0.254 e. The molecular weight excluding hydrogens is 385 g/mol. The van der Waals surface area contributed by atoms with Gasteiger partial charge in [-0.15, -0.1) is 0 Å². The molecule has 3 heterocycles. The second kappa shape index (κ2) is 7.67. The first-order valence-electron chi connectivity index (χ1n) is 8.99. The van der Waals surface area contributed by atoms with Crippen molar-refractivity contribution >= 4 is 22.5 Å². The van der Waals surface area contributed by atoms with Gasteiger partial charge in [-0.3, -0.25) is 9.78 Å². The van der Waals surface area contributed by atoms with Gasteiger partial charge >= 0.3 is 0 Å². The number of fused-ring (bicyclic) bond motifs is 1. The van der Waals surface area contributed by atoms with Gasteiger partial charge in [0.05, 0.1) is 30.0 Å². The first kappa shape index (κ1) is 19.1. The molecule has 0 bridgehead atoms. The third kappa shape index (κ3) is 3.38. The molecule has 3 aromatic rings. The fourth-order valence-electron chi connectivity index (χ4n) is 3.52. The molecule has 1 aromatic carbocycles. The van der Waals surface area contributed by atoms with Crippen molar-refractivity contribution in [2.45, 2.75) is 0 Å².